The Kier molecular flexibility index (Phi) is 8.06. The number of aliphatic hydroxyl groups excluding tert-OH is 1. The highest BCUT2D eigenvalue weighted by atomic mass is 16.7. The van der Waals surface area contributed by atoms with Crippen LogP contribution < -0.4 is 5.32 Å². The number of allylic oxidation sites excluding steroid dienone is 1. The fraction of sp³-hybridized carbons (Fsp3) is 0.821. The van der Waals surface area contributed by atoms with Gasteiger partial charge in [0, 0.05) is 32.0 Å². The standard InChI is InChI=1S/C28H45N3O4/c1-5-29-14-15-31(16-17-32)26(34)35-30-19(2)23-8-9-24-22-7-6-20-18-21(33)10-12-27(20,3)25(22)11-13-28(23,24)4/h18,22-25,29,32H,5-17H2,1-4H3/b30-19+/t22-,23+,24-,25-,27-,28+/m0/s1. The van der Waals surface area contributed by atoms with Crippen LogP contribution in [-0.4, -0.2) is 60.4 Å². The number of hydrogen-bond acceptors (Lipinski definition) is 6. The highest BCUT2D eigenvalue weighted by Gasteiger charge is 2.59. The van der Waals surface area contributed by atoms with E-state index in [-0.39, 0.29) is 24.0 Å². The molecule has 196 valence electrons. The SMILES string of the molecule is CCNCCN(CCO)C(=O)O/N=C(\C)[C@H]1CC[C@H]2[C@@H]3CCC4=CC(=O)CC[C@]4(C)[C@H]3CC[C@]12C. The van der Waals surface area contributed by atoms with E-state index in [4.69, 9.17) is 4.84 Å². The van der Waals surface area contributed by atoms with Crippen molar-refractivity contribution in [2.45, 2.75) is 79.1 Å². The molecule has 3 fully saturated rings. The van der Waals surface area contributed by atoms with Gasteiger partial charge in [0.05, 0.1) is 12.3 Å². The molecule has 1 amide bonds. The number of fused-ring (bicyclic) bond motifs is 5. The van der Waals surface area contributed by atoms with Crippen molar-refractivity contribution in [1.82, 2.24) is 10.2 Å². The molecule has 7 heteroatoms. The molecule has 0 spiro atoms. The third-order valence-corrected chi connectivity index (χ3v) is 10.2. The molecule has 35 heavy (non-hydrogen) atoms. The summed E-state index contributed by atoms with van der Waals surface area (Å²) >= 11 is 0. The van der Waals surface area contributed by atoms with Gasteiger partial charge in [0.2, 0.25) is 0 Å². The van der Waals surface area contributed by atoms with Crippen LogP contribution in [0.25, 0.3) is 0 Å². The molecule has 4 aliphatic rings. The van der Waals surface area contributed by atoms with Gasteiger partial charge in [-0.3, -0.25) is 9.63 Å². The summed E-state index contributed by atoms with van der Waals surface area (Å²) in [6.45, 7) is 11.0. The maximum atomic E-state index is 12.6. The van der Waals surface area contributed by atoms with E-state index in [1.165, 1.54) is 36.2 Å². The molecular formula is C28H45N3O4. The van der Waals surface area contributed by atoms with Gasteiger partial charge < -0.3 is 15.3 Å². The average molecular weight is 488 g/mol. The first-order valence-corrected chi connectivity index (χ1v) is 13.8. The van der Waals surface area contributed by atoms with Crippen LogP contribution in [0, 0.1) is 34.5 Å². The van der Waals surface area contributed by atoms with Crippen LogP contribution in [0.4, 0.5) is 4.79 Å². The number of carbonyl (C=O) groups is 2. The zero-order valence-electron chi connectivity index (χ0n) is 22.1. The molecule has 2 N–H and O–H groups in total. The van der Waals surface area contributed by atoms with Gasteiger partial charge in [-0.2, -0.15) is 0 Å². The second-order valence-electron chi connectivity index (χ2n) is 11.8. The molecule has 0 aromatic carbocycles. The van der Waals surface area contributed by atoms with E-state index in [9.17, 15) is 14.7 Å². The smallest absolute Gasteiger partial charge is 0.395 e. The molecule has 4 aliphatic carbocycles. The quantitative estimate of drug-likeness (QED) is 0.227. The Bertz CT molecular complexity index is 870. The first-order chi connectivity index (χ1) is 16.7. The first kappa shape index (κ1) is 26.3. The maximum absolute atomic E-state index is 12.6. The Morgan fingerprint density at radius 1 is 1.17 bits per heavy atom. The van der Waals surface area contributed by atoms with Crippen molar-refractivity contribution in [2.24, 2.45) is 39.7 Å². The predicted octanol–water partition coefficient (Wildman–Crippen LogP) is 4.55. The monoisotopic (exact) mass is 487 g/mol. The van der Waals surface area contributed by atoms with Crippen LogP contribution in [0.5, 0.6) is 0 Å². The van der Waals surface area contributed by atoms with E-state index in [1.807, 2.05) is 19.9 Å². The number of amides is 1. The molecule has 0 bridgehead atoms. The zero-order valence-corrected chi connectivity index (χ0v) is 22.1. The minimum Gasteiger partial charge on any atom is -0.395 e. The van der Waals surface area contributed by atoms with Crippen LogP contribution in [0.2, 0.25) is 0 Å². The van der Waals surface area contributed by atoms with Gasteiger partial charge in [0.1, 0.15) is 0 Å². The lowest BCUT2D eigenvalue weighted by molar-refractivity contribution is -0.117. The average Bonchev–Trinajstić information content (AvgIpc) is 3.19. The molecule has 4 rings (SSSR count). The highest BCUT2D eigenvalue weighted by Crippen LogP contribution is 2.66. The van der Waals surface area contributed by atoms with Crippen LogP contribution in [-0.2, 0) is 9.63 Å². The normalized spacial score (nSPS) is 36.7. The maximum Gasteiger partial charge on any atom is 0.436 e. The van der Waals surface area contributed by atoms with Gasteiger partial charge in [-0.25, -0.2) is 4.79 Å². The van der Waals surface area contributed by atoms with E-state index < -0.39 is 6.09 Å². The fourth-order valence-corrected chi connectivity index (χ4v) is 8.28. The molecule has 3 saturated carbocycles. The summed E-state index contributed by atoms with van der Waals surface area (Å²) in [6.07, 6.45) is 10.1. The third-order valence-electron chi connectivity index (χ3n) is 10.2. The highest BCUT2D eigenvalue weighted by molar-refractivity contribution is 5.91. The Labute approximate surface area is 210 Å². The predicted molar refractivity (Wildman–Crippen MR) is 137 cm³/mol. The van der Waals surface area contributed by atoms with E-state index in [0.717, 1.165) is 31.5 Å². The van der Waals surface area contributed by atoms with Crippen molar-refractivity contribution in [3.8, 4) is 0 Å². The molecule has 6 atom stereocenters. The molecule has 0 unspecified atom stereocenters. The largest absolute Gasteiger partial charge is 0.436 e. The number of hydrogen-bond donors (Lipinski definition) is 2. The number of carbonyl (C=O) groups excluding carboxylic acids is 2. The van der Waals surface area contributed by atoms with E-state index >= 15 is 0 Å². The molecule has 0 radical (unpaired) electrons. The van der Waals surface area contributed by atoms with Crippen LogP contribution in [0.3, 0.4) is 0 Å². The topological polar surface area (TPSA) is 91.2 Å². The molecule has 0 saturated heterocycles. The number of nitrogens with zero attached hydrogens (tertiary/aromatic N) is 2. The summed E-state index contributed by atoms with van der Waals surface area (Å²) in [5.41, 5.74) is 2.71. The first-order valence-electron chi connectivity index (χ1n) is 13.8. The van der Waals surface area contributed by atoms with Crippen LogP contribution in [0.1, 0.15) is 79.1 Å². The fourth-order valence-electron chi connectivity index (χ4n) is 8.28. The van der Waals surface area contributed by atoms with Gasteiger partial charge in [-0.15, -0.1) is 0 Å². The Balaban J connectivity index is 1.43. The number of ketones is 1. The summed E-state index contributed by atoms with van der Waals surface area (Å²) < 4.78 is 0. The lowest BCUT2D eigenvalue weighted by atomic mass is 9.46. The molecule has 7 nitrogen and oxygen atoms in total. The summed E-state index contributed by atoms with van der Waals surface area (Å²) in [6, 6.07) is 0. The Morgan fingerprint density at radius 3 is 2.71 bits per heavy atom. The van der Waals surface area contributed by atoms with Crippen LogP contribution in [0.15, 0.2) is 16.8 Å². The van der Waals surface area contributed by atoms with E-state index in [0.29, 0.717) is 49.0 Å². The van der Waals surface area contributed by atoms with Crippen molar-refractivity contribution in [2.75, 3.05) is 32.8 Å². The molecule has 0 aliphatic heterocycles. The molecular weight excluding hydrogens is 442 g/mol. The molecule has 0 aromatic heterocycles. The van der Waals surface area contributed by atoms with Crippen molar-refractivity contribution < 1.29 is 19.5 Å². The number of aliphatic hydroxyl groups is 1. The zero-order chi connectivity index (χ0) is 25.2. The van der Waals surface area contributed by atoms with Gasteiger partial charge in [0.25, 0.3) is 0 Å². The summed E-state index contributed by atoms with van der Waals surface area (Å²) in [7, 11) is 0. The number of likely N-dealkylation sites (N-methyl/N-ethyl adjacent to an activating group) is 1. The summed E-state index contributed by atoms with van der Waals surface area (Å²) in [4.78, 5) is 31.6. The van der Waals surface area contributed by atoms with E-state index in [2.05, 4.69) is 24.3 Å². The second kappa shape index (κ2) is 10.7. The number of nitrogens with one attached hydrogen (secondary N) is 1. The van der Waals surface area contributed by atoms with Crippen molar-refractivity contribution in [3.63, 3.8) is 0 Å². The summed E-state index contributed by atoms with van der Waals surface area (Å²) in [5, 5.41) is 16.9. The lowest BCUT2D eigenvalue weighted by Crippen LogP contribution is -2.51. The van der Waals surface area contributed by atoms with Gasteiger partial charge in [-0.1, -0.05) is 31.5 Å². The van der Waals surface area contributed by atoms with Gasteiger partial charge in [-0.05, 0) is 93.1 Å². The van der Waals surface area contributed by atoms with Gasteiger partial charge >= 0.3 is 6.09 Å². The van der Waals surface area contributed by atoms with Crippen LogP contribution >= 0.6 is 0 Å². The van der Waals surface area contributed by atoms with Crippen molar-refractivity contribution in [3.05, 3.63) is 11.6 Å². The Hall–Kier alpha value is -1.73. The summed E-state index contributed by atoms with van der Waals surface area (Å²) in [5.74, 6) is 2.68. The van der Waals surface area contributed by atoms with Crippen molar-refractivity contribution in [1.29, 1.82) is 0 Å². The minimum atomic E-state index is -0.494. The number of oxime groups is 1. The minimum absolute atomic E-state index is 0.0984. The Morgan fingerprint density at radius 2 is 1.97 bits per heavy atom. The van der Waals surface area contributed by atoms with Crippen molar-refractivity contribution >= 4 is 17.6 Å². The van der Waals surface area contributed by atoms with Gasteiger partial charge in [0.15, 0.2) is 5.78 Å². The second-order valence-corrected chi connectivity index (χ2v) is 11.8. The molecule has 0 aromatic rings. The lowest BCUT2D eigenvalue weighted by Gasteiger charge is -2.58. The third kappa shape index (κ3) is 4.95. The molecule has 0 heterocycles. The number of rotatable bonds is 8. The van der Waals surface area contributed by atoms with E-state index in [1.54, 1.807) is 0 Å².